The normalized spacial score (nSPS) is 8.23. The monoisotopic (exact) mass is 183 g/mol. The summed E-state index contributed by atoms with van der Waals surface area (Å²) in [5.74, 6) is 0.468. The summed E-state index contributed by atoms with van der Waals surface area (Å²) in [5.41, 5.74) is 0. The van der Waals surface area contributed by atoms with Gasteiger partial charge in [-0.2, -0.15) is 0 Å². The van der Waals surface area contributed by atoms with E-state index in [1.54, 1.807) is 26.2 Å². The Balaban J connectivity index is 0.000000226. The maximum atomic E-state index is 10.1. The first-order valence-corrected chi connectivity index (χ1v) is 3.74. The molecule has 0 radical (unpaired) electrons. The Kier molecular flexibility index (Phi) is 5.27. The van der Waals surface area contributed by atoms with E-state index in [4.69, 9.17) is 0 Å². The van der Waals surface area contributed by atoms with E-state index in [0.717, 1.165) is 0 Å². The molecular formula is C9H13NO3. The van der Waals surface area contributed by atoms with Crippen molar-refractivity contribution in [1.82, 2.24) is 4.90 Å². The highest BCUT2D eigenvalue weighted by atomic mass is 16.3. The molecule has 0 spiro atoms. The average Bonchev–Trinajstić information content (AvgIpc) is 2.56. The Hall–Kier alpha value is -1.58. The minimum absolute atomic E-state index is 0.0926. The fourth-order valence-electron chi connectivity index (χ4n) is 0.358. The van der Waals surface area contributed by atoms with E-state index in [-0.39, 0.29) is 5.91 Å². The number of carbonyl (C=O) groups excluding carboxylic acids is 2. The summed E-state index contributed by atoms with van der Waals surface area (Å²) in [6, 6.07) is 3.27. The molecule has 0 saturated heterocycles. The molecule has 1 aromatic rings. The number of furan rings is 1. The lowest BCUT2D eigenvalue weighted by atomic mass is 10.5. The second-order valence-electron chi connectivity index (χ2n) is 2.55. The van der Waals surface area contributed by atoms with E-state index in [1.165, 1.54) is 18.1 Å². The molecule has 1 rings (SSSR count). The van der Waals surface area contributed by atoms with E-state index in [0.29, 0.717) is 12.0 Å². The van der Waals surface area contributed by atoms with Crippen molar-refractivity contribution in [2.75, 3.05) is 14.1 Å². The van der Waals surface area contributed by atoms with Gasteiger partial charge in [0, 0.05) is 21.0 Å². The highest BCUT2D eigenvalue weighted by Crippen LogP contribution is 1.92. The lowest BCUT2D eigenvalue weighted by Crippen LogP contribution is -2.17. The number of amides is 1. The van der Waals surface area contributed by atoms with Crippen molar-refractivity contribution in [3.05, 3.63) is 24.2 Å². The van der Waals surface area contributed by atoms with Gasteiger partial charge in [-0.05, 0) is 12.1 Å². The number of nitrogens with zero attached hydrogens (tertiary/aromatic N) is 1. The zero-order chi connectivity index (χ0) is 10.3. The summed E-state index contributed by atoms with van der Waals surface area (Å²) in [5, 5.41) is 0. The summed E-state index contributed by atoms with van der Waals surface area (Å²) in [6.07, 6.45) is 2.13. The first-order chi connectivity index (χ1) is 6.07. The van der Waals surface area contributed by atoms with Crippen LogP contribution in [0.4, 0.5) is 0 Å². The highest BCUT2D eigenvalue weighted by molar-refractivity contribution is 5.72. The third-order valence-corrected chi connectivity index (χ3v) is 1.29. The van der Waals surface area contributed by atoms with Gasteiger partial charge >= 0.3 is 0 Å². The Morgan fingerprint density at radius 1 is 1.54 bits per heavy atom. The average molecular weight is 183 g/mol. The minimum atomic E-state index is 0.0926. The molecule has 1 amide bonds. The van der Waals surface area contributed by atoms with Crippen LogP contribution in [-0.2, 0) is 4.79 Å². The van der Waals surface area contributed by atoms with Crippen LogP contribution in [0.5, 0.6) is 0 Å². The van der Waals surface area contributed by atoms with Crippen molar-refractivity contribution >= 4 is 12.2 Å². The van der Waals surface area contributed by atoms with E-state index < -0.39 is 0 Å². The second kappa shape index (κ2) is 5.99. The van der Waals surface area contributed by atoms with E-state index in [9.17, 15) is 9.59 Å². The second-order valence-corrected chi connectivity index (χ2v) is 2.55. The zero-order valence-corrected chi connectivity index (χ0v) is 7.98. The van der Waals surface area contributed by atoms with Crippen LogP contribution >= 0.6 is 0 Å². The Morgan fingerprint density at radius 3 is 2.23 bits per heavy atom. The van der Waals surface area contributed by atoms with Gasteiger partial charge in [-0.1, -0.05) is 0 Å². The van der Waals surface area contributed by atoms with Crippen molar-refractivity contribution in [2.24, 2.45) is 0 Å². The van der Waals surface area contributed by atoms with Gasteiger partial charge in [0.1, 0.15) is 0 Å². The molecule has 0 aliphatic rings. The van der Waals surface area contributed by atoms with Crippen LogP contribution in [0.15, 0.2) is 22.8 Å². The third-order valence-electron chi connectivity index (χ3n) is 1.29. The summed E-state index contributed by atoms with van der Waals surface area (Å²) in [6.45, 7) is 1.53. The molecule has 0 bridgehead atoms. The largest absolute Gasteiger partial charge is 0.462 e. The molecule has 0 unspecified atom stereocenters. The van der Waals surface area contributed by atoms with Crippen LogP contribution in [-0.4, -0.2) is 31.2 Å². The SMILES string of the molecule is CC(=O)N(C)C.O=Cc1ccco1. The maximum absolute atomic E-state index is 10.1. The van der Waals surface area contributed by atoms with Gasteiger partial charge in [-0.25, -0.2) is 0 Å². The van der Waals surface area contributed by atoms with Crippen molar-refractivity contribution in [2.45, 2.75) is 6.92 Å². The van der Waals surface area contributed by atoms with Gasteiger partial charge in [0.2, 0.25) is 5.91 Å². The fourth-order valence-corrected chi connectivity index (χ4v) is 0.358. The molecule has 0 aromatic carbocycles. The number of rotatable bonds is 1. The maximum Gasteiger partial charge on any atom is 0.218 e. The van der Waals surface area contributed by atoms with Gasteiger partial charge < -0.3 is 9.32 Å². The van der Waals surface area contributed by atoms with E-state index in [2.05, 4.69) is 4.42 Å². The molecular weight excluding hydrogens is 170 g/mol. The third kappa shape index (κ3) is 5.66. The molecule has 0 atom stereocenters. The number of carbonyl (C=O) groups is 2. The zero-order valence-electron chi connectivity index (χ0n) is 7.98. The molecule has 13 heavy (non-hydrogen) atoms. The van der Waals surface area contributed by atoms with Crippen molar-refractivity contribution in [1.29, 1.82) is 0 Å². The predicted molar refractivity (Wildman–Crippen MR) is 48.5 cm³/mol. The quantitative estimate of drug-likeness (QED) is 0.614. The van der Waals surface area contributed by atoms with Gasteiger partial charge in [-0.3, -0.25) is 9.59 Å². The predicted octanol–water partition coefficient (Wildman–Crippen LogP) is 1.19. The van der Waals surface area contributed by atoms with Crippen LogP contribution < -0.4 is 0 Å². The van der Waals surface area contributed by atoms with Gasteiger partial charge in [-0.15, -0.1) is 0 Å². The molecule has 4 nitrogen and oxygen atoms in total. The molecule has 1 aromatic heterocycles. The molecule has 4 heteroatoms. The van der Waals surface area contributed by atoms with Crippen LogP contribution in [0.3, 0.4) is 0 Å². The summed E-state index contributed by atoms with van der Waals surface area (Å²) in [4.78, 5) is 21.4. The van der Waals surface area contributed by atoms with Crippen LogP contribution in [0.2, 0.25) is 0 Å². The fraction of sp³-hybridized carbons (Fsp3) is 0.333. The molecule has 0 aliphatic carbocycles. The Bertz CT molecular complexity index is 252. The van der Waals surface area contributed by atoms with Crippen LogP contribution in [0.1, 0.15) is 17.5 Å². The first-order valence-electron chi connectivity index (χ1n) is 3.74. The molecule has 0 aliphatic heterocycles. The molecule has 1 heterocycles. The Morgan fingerprint density at radius 2 is 2.08 bits per heavy atom. The van der Waals surface area contributed by atoms with Gasteiger partial charge in [0.05, 0.1) is 6.26 Å². The number of hydrogen-bond donors (Lipinski definition) is 0. The number of aldehydes is 1. The Labute approximate surface area is 77.1 Å². The van der Waals surface area contributed by atoms with Gasteiger partial charge in [0.25, 0.3) is 0 Å². The lowest BCUT2D eigenvalue weighted by molar-refractivity contribution is -0.126. The van der Waals surface area contributed by atoms with Crippen LogP contribution in [0, 0.1) is 0 Å². The standard InChI is InChI=1S/C5H4O2.C4H9NO/c6-4-5-2-1-3-7-5;1-4(6)5(2)3/h1-4H;1-3H3. The van der Waals surface area contributed by atoms with E-state index in [1.807, 2.05) is 0 Å². The molecule has 72 valence electrons. The van der Waals surface area contributed by atoms with Crippen LogP contribution in [0.25, 0.3) is 0 Å². The first kappa shape index (κ1) is 11.4. The smallest absolute Gasteiger partial charge is 0.218 e. The summed E-state index contributed by atoms with van der Waals surface area (Å²) in [7, 11) is 3.45. The van der Waals surface area contributed by atoms with E-state index >= 15 is 0 Å². The van der Waals surface area contributed by atoms with Gasteiger partial charge in [0.15, 0.2) is 12.0 Å². The van der Waals surface area contributed by atoms with Crippen molar-refractivity contribution < 1.29 is 14.0 Å². The summed E-state index contributed by atoms with van der Waals surface area (Å²) < 4.78 is 4.61. The topological polar surface area (TPSA) is 50.5 Å². The molecule has 0 N–H and O–H groups in total. The molecule has 0 saturated carbocycles. The van der Waals surface area contributed by atoms with Crippen molar-refractivity contribution in [3.63, 3.8) is 0 Å². The summed E-state index contributed by atoms with van der Waals surface area (Å²) >= 11 is 0. The highest BCUT2D eigenvalue weighted by Gasteiger charge is 1.87. The number of hydrogen-bond acceptors (Lipinski definition) is 3. The minimum Gasteiger partial charge on any atom is -0.462 e. The molecule has 0 fully saturated rings. The lowest BCUT2D eigenvalue weighted by Gasteiger charge is -2.02. The van der Waals surface area contributed by atoms with Crippen molar-refractivity contribution in [3.8, 4) is 0 Å².